The van der Waals surface area contributed by atoms with Gasteiger partial charge in [-0.3, -0.25) is 19.7 Å². The highest BCUT2D eigenvalue weighted by Gasteiger charge is 2.10. The molecule has 9 nitrogen and oxygen atoms in total. The van der Waals surface area contributed by atoms with Gasteiger partial charge in [-0.25, -0.2) is 5.43 Å². The molecule has 32 heavy (non-hydrogen) atoms. The first kappa shape index (κ1) is 22.4. The molecule has 162 valence electrons. The second-order valence-electron chi connectivity index (χ2n) is 6.39. The molecule has 3 aromatic carbocycles. The molecule has 0 atom stereocenters. The number of hydrogen-bond acceptors (Lipinski definition) is 6. The zero-order chi connectivity index (χ0) is 22.9. The van der Waals surface area contributed by atoms with Crippen LogP contribution < -0.4 is 15.5 Å². The molecule has 3 rings (SSSR count). The molecular formula is C22H17ClN4O5. The van der Waals surface area contributed by atoms with E-state index in [1.165, 1.54) is 30.5 Å². The Hall–Kier alpha value is -4.24. The number of nitro benzene ring substituents is 1. The van der Waals surface area contributed by atoms with Crippen molar-refractivity contribution < 1.29 is 19.2 Å². The number of rotatable bonds is 8. The molecule has 10 heteroatoms. The third-order valence-electron chi connectivity index (χ3n) is 4.10. The van der Waals surface area contributed by atoms with Gasteiger partial charge in [-0.05, 0) is 48.0 Å². The minimum Gasteiger partial charge on any atom is -0.484 e. The monoisotopic (exact) mass is 452 g/mol. The summed E-state index contributed by atoms with van der Waals surface area (Å²) < 4.78 is 5.44. The van der Waals surface area contributed by atoms with Gasteiger partial charge in [0.15, 0.2) is 6.61 Å². The lowest BCUT2D eigenvalue weighted by Crippen LogP contribution is -2.20. The van der Waals surface area contributed by atoms with Crippen molar-refractivity contribution in [1.29, 1.82) is 0 Å². The summed E-state index contributed by atoms with van der Waals surface area (Å²) in [6.07, 6.45) is 1.41. The second kappa shape index (κ2) is 10.7. The molecule has 0 radical (unpaired) electrons. The fourth-order valence-corrected chi connectivity index (χ4v) is 2.72. The smallest absolute Gasteiger partial charge is 0.271 e. The molecule has 0 saturated heterocycles. The number of halogens is 1. The van der Waals surface area contributed by atoms with E-state index in [0.717, 1.165) is 0 Å². The number of anilines is 1. The van der Waals surface area contributed by atoms with Gasteiger partial charge in [-0.15, -0.1) is 0 Å². The van der Waals surface area contributed by atoms with Crippen molar-refractivity contribution in [3.05, 3.63) is 99.1 Å². The predicted octanol–water partition coefficient (Wildman–Crippen LogP) is 4.03. The number of nitro groups is 1. The minimum atomic E-state index is -0.579. The molecule has 0 aliphatic heterocycles. The summed E-state index contributed by atoms with van der Waals surface area (Å²) in [5, 5.41) is 17.7. The number of hydrazone groups is 1. The largest absolute Gasteiger partial charge is 0.484 e. The molecule has 2 amide bonds. The predicted molar refractivity (Wildman–Crippen MR) is 120 cm³/mol. The fourth-order valence-electron chi connectivity index (χ4n) is 2.54. The minimum absolute atomic E-state index is 0.121. The number of para-hydroxylation sites is 1. The van der Waals surface area contributed by atoms with Crippen LogP contribution in [0.5, 0.6) is 5.75 Å². The molecule has 2 N–H and O–H groups in total. The van der Waals surface area contributed by atoms with Crippen LogP contribution in [0.4, 0.5) is 11.4 Å². The maximum Gasteiger partial charge on any atom is 0.271 e. The average Bonchev–Trinajstić information content (AvgIpc) is 2.80. The highest BCUT2D eigenvalue weighted by molar-refractivity contribution is 6.33. The third-order valence-corrected chi connectivity index (χ3v) is 4.43. The first-order valence-corrected chi connectivity index (χ1v) is 9.65. The van der Waals surface area contributed by atoms with Crippen molar-refractivity contribution in [2.24, 2.45) is 5.10 Å². The number of carbonyl (C=O) groups is 2. The van der Waals surface area contributed by atoms with Gasteiger partial charge in [0.2, 0.25) is 0 Å². The number of amides is 2. The maximum absolute atomic E-state index is 12.1. The van der Waals surface area contributed by atoms with E-state index in [9.17, 15) is 19.7 Å². The summed E-state index contributed by atoms with van der Waals surface area (Å²) in [7, 11) is 0. The number of non-ortho nitro benzene ring substituents is 1. The fraction of sp³-hybridized carbons (Fsp3) is 0.0455. The summed E-state index contributed by atoms with van der Waals surface area (Å²) in [6.45, 7) is -0.196. The zero-order valence-corrected chi connectivity index (χ0v) is 17.3. The topological polar surface area (TPSA) is 123 Å². The quantitative estimate of drug-likeness (QED) is 0.303. The van der Waals surface area contributed by atoms with E-state index in [0.29, 0.717) is 22.0 Å². The standard InChI is InChI=1S/C22H17ClN4O5/c23-19-6-1-2-7-20(19)25-21(28)14-32-18-10-8-15(9-11-18)13-24-26-22(29)16-4-3-5-17(12-16)27(30)31/h1-13H,14H2,(H,25,28)(H,26,29)/b24-13-. The number of nitrogens with zero attached hydrogens (tertiary/aromatic N) is 2. The van der Waals surface area contributed by atoms with Gasteiger partial charge in [-0.1, -0.05) is 29.8 Å². The van der Waals surface area contributed by atoms with Crippen LogP contribution >= 0.6 is 11.6 Å². The highest BCUT2D eigenvalue weighted by Crippen LogP contribution is 2.20. The van der Waals surface area contributed by atoms with Gasteiger partial charge in [0.1, 0.15) is 5.75 Å². The molecule has 0 fully saturated rings. The molecular weight excluding hydrogens is 436 g/mol. The second-order valence-corrected chi connectivity index (χ2v) is 6.80. The molecule has 0 aliphatic rings. The molecule has 0 aliphatic carbocycles. The Bertz CT molecular complexity index is 1160. The van der Waals surface area contributed by atoms with Crippen LogP contribution in [0.2, 0.25) is 5.02 Å². The van der Waals surface area contributed by atoms with Crippen LogP contribution in [-0.2, 0) is 4.79 Å². The SMILES string of the molecule is O=C(COc1ccc(/C=N\NC(=O)c2cccc([N+](=O)[O-])c2)cc1)Nc1ccccc1Cl. The molecule has 0 unspecified atom stereocenters. The van der Waals surface area contributed by atoms with E-state index in [2.05, 4.69) is 15.8 Å². The summed E-state index contributed by atoms with van der Waals surface area (Å²) >= 11 is 6.00. The Balaban J connectivity index is 1.49. The lowest BCUT2D eigenvalue weighted by molar-refractivity contribution is -0.384. The Morgan fingerprint density at radius 3 is 2.53 bits per heavy atom. The van der Waals surface area contributed by atoms with E-state index in [1.54, 1.807) is 48.5 Å². The molecule has 0 spiro atoms. The van der Waals surface area contributed by atoms with Gasteiger partial charge in [0.05, 0.1) is 21.8 Å². The zero-order valence-electron chi connectivity index (χ0n) is 16.5. The first-order valence-electron chi connectivity index (χ1n) is 9.27. The third kappa shape index (κ3) is 6.38. The van der Waals surface area contributed by atoms with Crippen LogP contribution in [0.1, 0.15) is 15.9 Å². The Kier molecular flexibility index (Phi) is 7.50. The van der Waals surface area contributed by atoms with Crippen LogP contribution in [-0.4, -0.2) is 29.6 Å². The van der Waals surface area contributed by atoms with E-state index >= 15 is 0 Å². The van der Waals surface area contributed by atoms with Crippen LogP contribution in [0.25, 0.3) is 0 Å². The van der Waals surface area contributed by atoms with Gasteiger partial charge in [0, 0.05) is 17.7 Å². The van der Waals surface area contributed by atoms with E-state index in [4.69, 9.17) is 16.3 Å². The van der Waals surface area contributed by atoms with Crippen molar-refractivity contribution in [3.8, 4) is 5.75 Å². The molecule has 0 bridgehead atoms. The normalized spacial score (nSPS) is 10.5. The molecule has 0 heterocycles. The number of ether oxygens (including phenoxy) is 1. The summed E-state index contributed by atoms with van der Waals surface area (Å²) in [4.78, 5) is 34.3. The van der Waals surface area contributed by atoms with Crippen LogP contribution in [0.15, 0.2) is 77.9 Å². The van der Waals surface area contributed by atoms with Gasteiger partial charge >= 0.3 is 0 Å². The summed E-state index contributed by atoms with van der Waals surface area (Å²) in [5.74, 6) is -0.459. The number of nitrogens with one attached hydrogen (secondary N) is 2. The molecule has 0 saturated carbocycles. The van der Waals surface area contributed by atoms with Gasteiger partial charge in [-0.2, -0.15) is 5.10 Å². The van der Waals surface area contributed by atoms with Crippen LogP contribution in [0.3, 0.4) is 0 Å². The Morgan fingerprint density at radius 2 is 1.81 bits per heavy atom. The van der Waals surface area contributed by atoms with Crippen molar-refractivity contribution in [2.75, 3.05) is 11.9 Å². The summed E-state index contributed by atoms with van der Waals surface area (Å²) in [5.41, 5.74) is 3.41. The Morgan fingerprint density at radius 1 is 1.06 bits per heavy atom. The highest BCUT2D eigenvalue weighted by atomic mass is 35.5. The van der Waals surface area contributed by atoms with Crippen molar-refractivity contribution in [2.45, 2.75) is 0 Å². The maximum atomic E-state index is 12.1. The first-order chi connectivity index (χ1) is 15.4. The Labute approximate surface area is 187 Å². The summed E-state index contributed by atoms with van der Waals surface area (Å²) in [6, 6.07) is 18.9. The number of carbonyl (C=O) groups excluding carboxylic acids is 2. The van der Waals surface area contributed by atoms with E-state index in [-0.39, 0.29) is 23.8 Å². The molecule has 3 aromatic rings. The van der Waals surface area contributed by atoms with E-state index < -0.39 is 10.8 Å². The molecule has 0 aromatic heterocycles. The average molecular weight is 453 g/mol. The lowest BCUT2D eigenvalue weighted by Gasteiger charge is -2.08. The van der Waals surface area contributed by atoms with Gasteiger partial charge in [0.25, 0.3) is 17.5 Å². The number of benzene rings is 3. The van der Waals surface area contributed by atoms with E-state index in [1.807, 2.05) is 0 Å². The van der Waals surface area contributed by atoms with Crippen molar-refractivity contribution in [3.63, 3.8) is 0 Å². The number of hydrogen-bond donors (Lipinski definition) is 2. The van der Waals surface area contributed by atoms with Crippen molar-refractivity contribution >= 4 is 41.0 Å². The van der Waals surface area contributed by atoms with Crippen molar-refractivity contribution in [1.82, 2.24) is 5.43 Å². The van der Waals surface area contributed by atoms with Gasteiger partial charge < -0.3 is 10.1 Å². The van der Waals surface area contributed by atoms with Crippen LogP contribution in [0, 0.1) is 10.1 Å². The lowest BCUT2D eigenvalue weighted by atomic mass is 10.2.